The number of anilines is 1. The molecule has 1 aliphatic rings. The summed E-state index contributed by atoms with van der Waals surface area (Å²) in [7, 11) is -4.08. The number of aliphatic hydroxyl groups excluding tert-OH is 1. The lowest BCUT2D eigenvalue weighted by atomic mass is 10.0. The fourth-order valence-corrected chi connectivity index (χ4v) is 7.84. The molecule has 4 rings (SSSR count). The predicted molar refractivity (Wildman–Crippen MR) is 206 cm³/mol. The summed E-state index contributed by atoms with van der Waals surface area (Å²) >= 11 is 0. The zero-order valence-electron chi connectivity index (χ0n) is 30.9. The van der Waals surface area contributed by atoms with Crippen LogP contribution in [0.2, 0.25) is 0 Å². The zero-order chi connectivity index (χ0) is 38.1. The van der Waals surface area contributed by atoms with Crippen molar-refractivity contribution in [2.45, 2.75) is 115 Å². The number of benzene rings is 1. The molecule has 3 aromatic rings. The van der Waals surface area contributed by atoms with E-state index in [1.54, 1.807) is 4.57 Å². The number of unbranched alkanes of at least 4 members (excludes halogenated alkanes) is 11. The number of hydrogen-bond acceptors (Lipinski definition) is 9. The molecule has 1 saturated carbocycles. The van der Waals surface area contributed by atoms with E-state index < -0.39 is 37.2 Å². The van der Waals surface area contributed by atoms with Crippen LogP contribution in [-0.2, 0) is 13.9 Å². The average molecular weight is 758 g/mol. The van der Waals surface area contributed by atoms with Gasteiger partial charge in [-0.15, -0.1) is 0 Å². The van der Waals surface area contributed by atoms with Gasteiger partial charge >= 0.3 is 13.3 Å². The van der Waals surface area contributed by atoms with Gasteiger partial charge in [0.05, 0.1) is 25.1 Å². The lowest BCUT2D eigenvalue weighted by molar-refractivity contribution is -0.121. The van der Waals surface area contributed by atoms with E-state index in [0.717, 1.165) is 32.1 Å². The van der Waals surface area contributed by atoms with E-state index in [9.17, 15) is 23.7 Å². The smallest absolute Gasteiger partial charge is 0.413 e. The summed E-state index contributed by atoms with van der Waals surface area (Å²) in [5.41, 5.74) is 6.17. The van der Waals surface area contributed by atoms with Crippen molar-refractivity contribution in [3.05, 3.63) is 71.1 Å². The summed E-state index contributed by atoms with van der Waals surface area (Å²) in [5.74, 6) is -1.20. The van der Waals surface area contributed by atoms with Gasteiger partial charge in [0, 0.05) is 25.4 Å². The Balaban J connectivity index is 1.18. The molecule has 0 aliphatic heterocycles. The Morgan fingerprint density at radius 1 is 1.08 bits per heavy atom. The van der Waals surface area contributed by atoms with E-state index in [1.165, 1.54) is 82.0 Å². The van der Waals surface area contributed by atoms with Crippen molar-refractivity contribution in [2.24, 2.45) is 5.92 Å². The van der Waals surface area contributed by atoms with E-state index in [1.807, 2.05) is 0 Å². The summed E-state index contributed by atoms with van der Waals surface area (Å²) in [6.45, 7) is 6.42. The molecule has 1 amide bonds. The second-order valence-electron chi connectivity index (χ2n) is 13.7. The van der Waals surface area contributed by atoms with Gasteiger partial charge in [-0.2, -0.15) is 4.98 Å². The number of fused-ring (bicyclic) bond motifs is 1. The molecule has 13 nitrogen and oxygen atoms in total. The molecule has 0 spiro atoms. The maximum Gasteiger partial charge on any atom is 0.458 e. The molecule has 0 bridgehead atoms. The van der Waals surface area contributed by atoms with Crippen LogP contribution in [0.1, 0.15) is 109 Å². The SMILES string of the molecule is C=C1C(n2cnc3c(=O)nc(N)[nH]c32)C[C@H](O)[C@H]1COP(=O)(NCCNC(=O)CCCCCCC/C=C\CCCCCCCC)Oc1ccc(F)cc1. The molecule has 2 heterocycles. The number of nitrogens with zero attached hydrogens (tertiary/aromatic N) is 3. The van der Waals surface area contributed by atoms with E-state index >= 15 is 0 Å². The Hall–Kier alpha value is -3.84. The Labute approximate surface area is 311 Å². The number of aromatic amines is 1. The minimum absolute atomic E-state index is 0.0667. The molecule has 6 N–H and O–H groups in total. The van der Waals surface area contributed by atoms with E-state index in [4.69, 9.17) is 14.8 Å². The first-order valence-electron chi connectivity index (χ1n) is 19.1. The number of nitrogens with one attached hydrogen (secondary N) is 3. The second kappa shape index (κ2) is 21.8. The molecule has 4 atom stereocenters. The Kier molecular flexibility index (Phi) is 17.2. The summed E-state index contributed by atoms with van der Waals surface area (Å²) in [6, 6.07) is 4.53. The molecule has 292 valence electrons. The Morgan fingerprint density at radius 3 is 2.43 bits per heavy atom. The first-order chi connectivity index (χ1) is 25.6. The van der Waals surface area contributed by atoms with Crippen LogP contribution in [0.5, 0.6) is 5.75 Å². The average Bonchev–Trinajstić information content (AvgIpc) is 3.67. The fraction of sp³-hybridized carbons (Fsp3) is 0.579. The van der Waals surface area contributed by atoms with Crippen LogP contribution in [0.3, 0.4) is 0 Å². The molecule has 1 aromatic carbocycles. The first kappa shape index (κ1) is 41.9. The first-order valence-corrected chi connectivity index (χ1v) is 20.6. The standard InChI is InChI=1S/C38H57FN7O6P/c1-3-4-5-6-7-8-9-10-11-12-13-14-15-16-17-18-34(48)41-23-24-43-53(50,52-30-21-19-29(39)20-22-30)51-26-31-28(2)32(25-33(31)47)46-27-42-35-36(46)44-38(40)45-37(35)49/h10-11,19-22,27,31-33,47H,2-9,12-18,23-26H2,1H3,(H,41,48)(H,43,50)(H3,40,44,45,49)/b11-10-/t31-,32?,33-,53?/m0/s1. The number of nitrogens with two attached hydrogens (primary N) is 1. The quantitative estimate of drug-likeness (QED) is 0.0334. The lowest BCUT2D eigenvalue weighted by Gasteiger charge is -2.23. The van der Waals surface area contributed by atoms with Gasteiger partial charge in [-0.25, -0.2) is 19.0 Å². The number of hydrogen-bond donors (Lipinski definition) is 5. The number of carbonyl (C=O) groups is 1. The van der Waals surface area contributed by atoms with Crippen LogP contribution in [-0.4, -0.2) is 56.3 Å². The highest BCUT2D eigenvalue weighted by Crippen LogP contribution is 2.47. The van der Waals surface area contributed by atoms with Crippen molar-refractivity contribution < 1.29 is 27.9 Å². The van der Waals surface area contributed by atoms with Crippen LogP contribution < -0.4 is 26.2 Å². The van der Waals surface area contributed by atoms with Crippen molar-refractivity contribution in [2.75, 3.05) is 25.4 Å². The van der Waals surface area contributed by atoms with Crippen LogP contribution in [0.4, 0.5) is 10.3 Å². The van der Waals surface area contributed by atoms with Crippen molar-refractivity contribution >= 4 is 30.8 Å². The third-order valence-corrected chi connectivity index (χ3v) is 11.1. The van der Waals surface area contributed by atoms with Gasteiger partial charge in [0.15, 0.2) is 5.52 Å². The number of rotatable bonds is 25. The predicted octanol–water partition coefficient (Wildman–Crippen LogP) is 7.27. The van der Waals surface area contributed by atoms with Gasteiger partial charge in [0.25, 0.3) is 0 Å². The topological polar surface area (TPSA) is 186 Å². The number of H-pyrrole nitrogens is 1. The monoisotopic (exact) mass is 757 g/mol. The van der Waals surface area contributed by atoms with Crippen molar-refractivity contribution in [1.82, 2.24) is 29.9 Å². The summed E-state index contributed by atoms with van der Waals surface area (Å²) < 4.78 is 40.6. The maximum atomic E-state index is 13.9. The number of aromatic nitrogens is 4. The maximum absolute atomic E-state index is 13.9. The van der Waals surface area contributed by atoms with Gasteiger partial charge in [0.1, 0.15) is 17.2 Å². The zero-order valence-corrected chi connectivity index (χ0v) is 31.8. The summed E-state index contributed by atoms with van der Waals surface area (Å²) in [6.07, 6.45) is 21.2. The molecule has 2 aromatic heterocycles. The second-order valence-corrected chi connectivity index (χ2v) is 15.5. The Morgan fingerprint density at radius 2 is 1.74 bits per heavy atom. The van der Waals surface area contributed by atoms with Gasteiger partial charge in [-0.1, -0.05) is 77.0 Å². The number of amides is 1. The highest BCUT2D eigenvalue weighted by Gasteiger charge is 2.40. The van der Waals surface area contributed by atoms with Gasteiger partial charge < -0.3 is 30.2 Å². The van der Waals surface area contributed by atoms with E-state index in [-0.39, 0.29) is 49.2 Å². The third kappa shape index (κ3) is 13.5. The van der Waals surface area contributed by atoms with E-state index in [2.05, 4.69) is 51.0 Å². The van der Waals surface area contributed by atoms with Crippen molar-refractivity contribution in [3.8, 4) is 5.75 Å². The highest BCUT2D eigenvalue weighted by atomic mass is 31.2. The molecule has 0 radical (unpaired) electrons. The molecule has 1 aliphatic carbocycles. The van der Waals surface area contributed by atoms with Crippen LogP contribution in [0, 0.1) is 11.7 Å². The number of aliphatic hydroxyl groups is 1. The minimum atomic E-state index is -4.08. The molecule has 15 heteroatoms. The Bertz CT molecular complexity index is 1730. The van der Waals surface area contributed by atoms with E-state index in [0.29, 0.717) is 17.6 Å². The normalized spacial score (nSPS) is 18.5. The number of imidazole rings is 1. The molecule has 2 unspecified atom stereocenters. The van der Waals surface area contributed by atoms with Crippen molar-refractivity contribution in [1.29, 1.82) is 0 Å². The van der Waals surface area contributed by atoms with Crippen LogP contribution in [0.15, 0.2) is 59.7 Å². The third-order valence-electron chi connectivity index (χ3n) is 9.52. The number of halogens is 1. The number of allylic oxidation sites excluding steroid dienone is 2. The highest BCUT2D eigenvalue weighted by molar-refractivity contribution is 7.52. The molecular formula is C38H57FN7O6P. The fourth-order valence-electron chi connectivity index (χ4n) is 6.49. The van der Waals surface area contributed by atoms with Crippen LogP contribution in [0.25, 0.3) is 11.2 Å². The summed E-state index contributed by atoms with van der Waals surface area (Å²) in [5, 5.41) is 16.6. The molecule has 0 saturated heterocycles. The van der Waals surface area contributed by atoms with Gasteiger partial charge in [0.2, 0.25) is 11.9 Å². The molecule has 53 heavy (non-hydrogen) atoms. The molecular weight excluding hydrogens is 700 g/mol. The number of carbonyl (C=O) groups excluding carboxylic acids is 1. The number of nitrogen functional groups attached to an aromatic ring is 1. The van der Waals surface area contributed by atoms with Crippen LogP contribution >= 0.6 is 7.75 Å². The largest absolute Gasteiger partial charge is 0.458 e. The molecule has 1 fully saturated rings. The van der Waals surface area contributed by atoms with Gasteiger partial charge in [-0.05, 0) is 68.4 Å². The minimum Gasteiger partial charge on any atom is -0.413 e. The lowest BCUT2D eigenvalue weighted by Crippen LogP contribution is -2.32. The van der Waals surface area contributed by atoms with Crippen molar-refractivity contribution in [3.63, 3.8) is 0 Å². The summed E-state index contributed by atoms with van der Waals surface area (Å²) in [4.78, 5) is 35.4. The van der Waals surface area contributed by atoms with Gasteiger partial charge in [-0.3, -0.25) is 14.1 Å².